The third-order valence-corrected chi connectivity index (χ3v) is 23.9. The summed E-state index contributed by atoms with van der Waals surface area (Å²) in [4.78, 5) is 4.56. The lowest BCUT2D eigenvalue weighted by Gasteiger charge is -2.28. The average Bonchev–Trinajstić information content (AvgIpc) is 3.26. The molecular weight excluding hydrogens is 1060 g/mol. The molecule has 0 heterocycles. The normalized spacial score (nSPS) is 13.1. The van der Waals surface area contributed by atoms with Gasteiger partial charge in [-0.1, -0.05) is 97.1 Å². The Morgan fingerprint density at radius 1 is 0.379 bits per heavy atom. The molecule has 0 saturated heterocycles. The van der Waals surface area contributed by atoms with E-state index in [-0.39, 0.29) is 0 Å². The molecule has 12 heteroatoms. The van der Waals surface area contributed by atoms with E-state index in [2.05, 4.69) is 186 Å². The van der Waals surface area contributed by atoms with Crippen molar-refractivity contribution in [3.63, 3.8) is 0 Å². The monoisotopic (exact) mass is 1090 g/mol. The second kappa shape index (κ2) is 17.2. The van der Waals surface area contributed by atoms with Crippen LogP contribution in [0.2, 0.25) is 0 Å². The summed E-state index contributed by atoms with van der Waals surface area (Å²) in [5.41, 5.74) is 6.10. The highest BCUT2D eigenvalue weighted by Crippen LogP contribution is 2.43. The molecule has 4 nitrogen and oxygen atoms in total. The standard InChI is InChI=1S/C46H30I2N2O2P2S4/c47-57(55)53(51)39-23-17-35(18-24-39)49(45-13-5-9-31-7-1-3-11-43(31)45)37-21-27-41-33(29-37)15-16-34-30-38(22-28-42(34)41)50(36-19-25-40(26-20-36)54(52)58(48)56)46-14-6-10-32-8-2-4-12-44(32)46/h1-30H/q-2. The fourth-order valence-corrected chi connectivity index (χ4v) is 16.1. The van der Waals surface area contributed by atoms with E-state index in [1.807, 2.05) is 48.5 Å². The zero-order valence-electron chi connectivity index (χ0n) is 30.3. The summed E-state index contributed by atoms with van der Waals surface area (Å²) in [6.07, 6.45) is 0. The van der Waals surface area contributed by atoms with E-state index in [1.54, 1.807) is 0 Å². The molecule has 9 aromatic carbocycles. The summed E-state index contributed by atoms with van der Waals surface area (Å²) in [5.74, 6) is -1.29. The van der Waals surface area contributed by atoms with Gasteiger partial charge in [0.15, 0.2) is 0 Å². The molecule has 0 N–H and O–H groups in total. The quantitative estimate of drug-likeness (QED) is 0.0497. The summed E-state index contributed by atoms with van der Waals surface area (Å²) in [6.45, 7) is -3.30. The minimum Gasteiger partial charge on any atom is -0.310 e. The molecule has 0 amide bonds. The Bertz CT molecular complexity index is 3140. The minimum absolute atomic E-state index is 0.647. The maximum Gasteiger partial charge on any atom is 0.0540 e. The van der Waals surface area contributed by atoms with Gasteiger partial charge in [0, 0.05) is 57.3 Å². The molecule has 0 aliphatic rings. The molecule has 0 saturated carbocycles. The number of nitrogens with zero attached hydrogens (tertiary/aromatic N) is 2. The summed E-state index contributed by atoms with van der Waals surface area (Å²) in [7, 11) is 0. The van der Waals surface area contributed by atoms with Gasteiger partial charge in [0.1, 0.15) is 0 Å². The Morgan fingerprint density at radius 3 is 1.14 bits per heavy atom. The Hall–Kier alpha value is -3.58. The van der Waals surface area contributed by atoms with Crippen molar-refractivity contribution in [2.75, 3.05) is 9.80 Å². The van der Waals surface area contributed by atoms with Crippen LogP contribution in [0.25, 0.3) is 43.1 Å². The van der Waals surface area contributed by atoms with Crippen LogP contribution in [0.15, 0.2) is 182 Å². The second-order valence-electron chi connectivity index (χ2n) is 13.5. The first-order valence-electron chi connectivity index (χ1n) is 18.1. The topological polar surface area (TPSA) is 40.6 Å². The predicted molar refractivity (Wildman–Crippen MR) is 278 cm³/mol. The molecule has 0 aliphatic heterocycles. The maximum atomic E-state index is 12.9. The van der Waals surface area contributed by atoms with Gasteiger partial charge in [0.05, 0.1) is 11.4 Å². The molecule has 0 radical (unpaired) electrons. The lowest BCUT2D eigenvalue weighted by molar-refractivity contribution is 0.601. The molecule has 2 unspecified atom stereocenters. The zero-order chi connectivity index (χ0) is 39.9. The molecule has 2 atom stereocenters. The van der Waals surface area contributed by atoms with Crippen LogP contribution in [0.1, 0.15) is 0 Å². The molecule has 0 spiro atoms. The van der Waals surface area contributed by atoms with Crippen LogP contribution >= 0.6 is 55.6 Å². The first-order valence-corrected chi connectivity index (χ1v) is 31.2. The lowest BCUT2D eigenvalue weighted by Crippen LogP contribution is -2.11. The van der Waals surface area contributed by atoms with E-state index in [9.17, 15) is 9.13 Å². The Labute approximate surface area is 374 Å². The fourth-order valence-electron chi connectivity index (χ4n) is 7.60. The van der Waals surface area contributed by atoms with Crippen molar-refractivity contribution in [3.05, 3.63) is 182 Å². The van der Waals surface area contributed by atoms with Gasteiger partial charge in [-0.2, -0.15) is 0 Å². The number of rotatable bonds is 8. The molecule has 9 aromatic rings. The van der Waals surface area contributed by atoms with E-state index in [1.165, 1.54) is 0 Å². The summed E-state index contributed by atoms with van der Waals surface area (Å²) in [6, 6.07) is 63.4. The fraction of sp³-hybridized carbons (Fsp3) is 0. The third kappa shape index (κ3) is 7.79. The highest BCUT2D eigenvalue weighted by molar-refractivity contribution is 14.2. The Balaban J connectivity index is 1.17. The van der Waals surface area contributed by atoms with E-state index in [4.69, 9.17) is 22.4 Å². The summed E-state index contributed by atoms with van der Waals surface area (Å²) in [5, 5.41) is 10.7. The number of hydrogen-bond acceptors (Lipinski definition) is 8. The van der Waals surface area contributed by atoms with E-state index in [0.29, 0.717) is 0 Å². The molecule has 0 bridgehead atoms. The first kappa shape index (κ1) is 39.9. The largest absolute Gasteiger partial charge is 0.310 e. The van der Waals surface area contributed by atoms with Crippen LogP contribution in [0.5, 0.6) is 0 Å². The van der Waals surface area contributed by atoms with Crippen LogP contribution in [0.3, 0.4) is 0 Å². The molecular formula is C46H30I2N2O2P2S4-2. The smallest absolute Gasteiger partial charge is 0.0540 e. The summed E-state index contributed by atoms with van der Waals surface area (Å²) < 4.78 is 25.8. The minimum atomic E-state index is -1.65. The number of halogens is 2. The highest BCUT2D eigenvalue weighted by Gasteiger charge is 2.19. The van der Waals surface area contributed by atoms with Crippen molar-refractivity contribution in [2.24, 2.45) is 0 Å². The molecule has 0 aliphatic carbocycles. The maximum absolute atomic E-state index is 12.9. The van der Waals surface area contributed by atoms with Crippen LogP contribution in [0, 0.1) is 0 Å². The van der Waals surface area contributed by atoms with Crippen molar-refractivity contribution in [1.82, 2.24) is 0 Å². The molecule has 0 aromatic heterocycles. The molecule has 58 heavy (non-hydrogen) atoms. The van der Waals surface area contributed by atoms with Gasteiger partial charge >= 0.3 is 0 Å². The lowest BCUT2D eigenvalue weighted by atomic mass is 9.99. The number of anilines is 6. The third-order valence-electron chi connectivity index (χ3n) is 10.2. The van der Waals surface area contributed by atoms with Gasteiger partial charge in [-0.05, 0) is 117 Å². The van der Waals surface area contributed by atoms with Gasteiger partial charge in [-0.25, -0.2) is 42.4 Å². The van der Waals surface area contributed by atoms with E-state index >= 15 is 0 Å². The van der Waals surface area contributed by atoms with Crippen LogP contribution in [-0.2, 0) is 43.1 Å². The summed E-state index contributed by atoms with van der Waals surface area (Å²) >= 11 is 14.9. The van der Waals surface area contributed by atoms with Crippen molar-refractivity contribution >= 4 is 177 Å². The van der Waals surface area contributed by atoms with Crippen LogP contribution in [0.4, 0.5) is 34.1 Å². The van der Waals surface area contributed by atoms with Gasteiger partial charge in [-0.15, -0.1) is 0 Å². The van der Waals surface area contributed by atoms with Crippen molar-refractivity contribution < 1.29 is 9.13 Å². The SMILES string of the molecule is O=P(c1ccc(N(c2ccc3c(ccc4cc(N(c5ccc(P(=O)=[S-](=S)I)cc5)c5cccc6ccccc56)ccc43)c2)c2cccc3ccccc23)cc1)=[S-](=S)I. The average molecular weight is 1090 g/mol. The van der Waals surface area contributed by atoms with Gasteiger partial charge in [0.2, 0.25) is 0 Å². The first-order chi connectivity index (χ1) is 28.2. The van der Waals surface area contributed by atoms with E-state index in [0.717, 1.165) is 87.8 Å². The van der Waals surface area contributed by atoms with Gasteiger partial charge in [0.25, 0.3) is 0 Å². The number of fused-ring (bicyclic) bond motifs is 5. The number of benzene rings is 9. The number of hydrogen-bond donors (Lipinski definition) is 0. The van der Waals surface area contributed by atoms with Crippen LogP contribution in [-0.4, -0.2) is 0 Å². The molecule has 9 rings (SSSR count). The zero-order valence-corrected chi connectivity index (χ0v) is 39.7. The predicted octanol–water partition coefficient (Wildman–Crippen LogP) is 14.8. The Kier molecular flexibility index (Phi) is 11.8. The van der Waals surface area contributed by atoms with Crippen molar-refractivity contribution in [1.29, 1.82) is 0 Å². The van der Waals surface area contributed by atoms with Crippen molar-refractivity contribution in [3.8, 4) is 0 Å². The highest BCUT2D eigenvalue weighted by atomic mass is 127. The molecule has 286 valence electrons. The van der Waals surface area contributed by atoms with Gasteiger partial charge < -0.3 is 18.9 Å². The van der Waals surface area contributed by atoms with Gasteiger partial charge in [-0.3, -0.25) is 34.0 Å². The van der Waals surface area contributed by atoms with Crippen molar-refractivity contribution in [2.45, 2.75) is 0 Å². The van der Waals surface area contributed by atoms with Crippen LogP contribution < -0.4 is 20.4 Å². The second-order valence-corrected chi connectivity index (χ2v) is 37.1. The Morgan fingerprint density at radius 2 is 0.741 bits per heavy atom. The van der Waals surface area contributed by atoms with E-state index < -0.39 is 24.8 Å². The molecule has 0 fully saturated rings.